The first-order chi connectivity index (χ1) is 12.1. The minimum absolute atomic E-state index is 0.160. The lowest BCUT2D eigenvalue weighted by Crippen LogP contribution is -2.45. The number of hydrogen-bond acceptors (Lipinski definition) is 5. The van der Waals surface area contributed by atoms with Crippen molar-refractivity contribution in [1.82, 2.24) is 14.5 Å². The van der Waals surface area contributed by atoms with Crippen molar-refractivity contribution in [2.45, 2.75) is 52.1 Å². The van der Waals surface area contributed by atoms with E-state index >= 15 is 0 Å². The third kappa shape index (κ3) is 3.39. The molecule has 1 aliphatic heterocycles. The van der Waals surface area contributed by atoms with Crippen LogP contribution in [0.25, 0.3) is 10.2 Å². The fourth-order valence-corrected chi connectivity index (χ4v) is 5.24. The summed E-state index contributed by atoms with van der Waals surface area (Å²) in [7, 11) is 0. The molecule has 0 N–H and O–H groups in total. The predicted molar refractivity (Wildman–Crippen MR) is 102 cm³/mol. The third-order valence-corrected chi connectivity index (χ3v) is 6.68. The van der Waals surface area contributed by atoms with Crippen LogP contribution in [0.5, 0.6) is 0 Å². The number of nitrogens with zero attached hydrogens (tertiary/aromatic N) is 3. The molecule has 0 radical (unpaired) electrons. The van der Waals surface area contributed by atoms with Gasteiger partial charge in [0, 0.05) is 30.6 Å². The summed E-state index contributed by atoms with van der Waals surface area (Å²) >= 11 is 1.73. The number of aryl methyl sites for hydroxylation is 2. The maximum atomic E-state index is 13.0. The van der Waals surface area contributed by atoms with Gasteiger partial charge in [0.2, 0.25) is 0 Å². The smallest absolute Gasteiger partial charge is 0.262 e. The van der Waals surface area contributed by atoms with Crippen molar-refractivity contribution < 1.29 is 4.74 Å². The molecule has 1 fully saturated rings. The zero-order valence-corrected chi connectivity index (χ0v) is 16.0. The molecule has 0 aromatic carbocycles. The first-order valence-electron chi connectivity index (χ1n) is 9.45. The second kappa shape index (κ2) is 7.17. The molecule has 25 heavy (non-hydrogen) atoms. The van der Waals surface area contributed by atoms with E-state index in [1.807, 2.05) is 4.57 Å². The van der Waals surface area contributed by atoms with Crippen molar-refractivity contribution >= 4 is 21.6 Å². The summed E-state index contributed by atoms with van der Waals surface area (Å²) in [4.78, 5) is 22.4. The third-order valence-electron chi connectivity index (χ3n) is 5.52. The molecular formula is C19H27N3O2S. The summed E-state index contributed by atoms with van der Waals surface area (Å²) < 4.78 is 7.29. The van der Waals surface area contributed by atoms with Crippen LogP contribution in [0, 0.1) is 5.92 Å². The van der Waals surface area contributed by atoms with Gasteiger partial charge in [-0.25, -0.2) is 4.98 Å². The average Bonchev–Trinajstić information content (AvgIpc) is 3.00. The van der Waals surface area contributed by atoms with Crippen LogP contribution in [0.2, 0.25) is 0 Å². The van der Waals surface area contributed by atoms with E-state index in [0.29, 0.717) is 12.0 Å². The second-order valence-corrected chi connectivity index (χ2v) is 8.74. The zero-order valence-electron chi connectivity index (χ0n) is 15.2. The van der Waals surface area contributed by atoms with Gasteiger partial charge in [0.1, 0.15) is 4.83 Å². The van der Waals surface area contributed by atoms with E-state index < -0.39 is 0 Å². The van der Waals surface area contributed by atoms with E-state index in [2.05, 4.69) is 23.7 Å². The number of thiophene rings is 1. The van der Waals surface area contributed by atoms with Gasteiger partial charge < -0.3 is 4.74 Å². The van der Waals surface area contributed by atoms with Crippen LogP contribution < -0.4 is 5.56 Å². The molecule has 0 unspecified atom stereocenters. The van der Waals surface area contributed by atoms with Crippen LogP contribution in [-0.2, 0) is 24.1 Å². The minimum Gasteiger partial charge on any atom is -0.379 e. The highest BCUT2D eigenvalue weighted by Gasteiger charge is 2.29. The fraction of sp³-hybridized carbons (Fsp3) is 0.684. The summed E-state index contributed by atoms with van der Waals surface area (Å²) in [5, 5.41) is 0.895. The molecule has 0 amide bonds. The lowest BCUT2D eigenvalue weighted by atomic mass is 9.92. The number of fused-ring (bicyclic) bond motifs is 3. The van der Waals surface area contributed by atoms with Gasteiger partial charge in [0.25, 0.3) is 5.56 Å². The summed E-state index contributed by atoms with van der Waals surface area (Å²) in [5.41, 5.74) is 1.44. The average molecular weight is 362 g/mol. The Labute approximate surface area is 152 Å². The molecule has 0 bridgehead atoms. The molecule has 0 saturated carbocycles. The highest BCUT2D eigenvalue weighted by molar-refractivity contribution is 7.18. The molecule has 1 atom stereocenters. The number of morpholine rings is 1. The number of hydrogen-bond donors (Lipinski definition) is 0. The molecule has 1 aliphatic carbocycles. The van der Waals surface area contributed by atoms with Crippen molar-refractivity contribution in [2.75, 3.05) is 26.3 Å². The van der Waals surface area contributed by atoms with Gasteiger partial charge in [0.15, 0.2) is 0 Å². The van der Waals surface area contributed by atoms with Crippen LogP contribution >= 0.6 is 11.3 Å². The Morgan fingerprint density at radius 3 is 2.92 bits per heavy atom. The number of aromatic nitrogens is 2. The molecular weight excluding hydrogens is 334 g/mol. The Hall–Kier alpha value is -1.24. The van der Waals surface area contributed by atoms with Gasteiger partial charge in [-0.05, 0) is 37.2 Å². The first-order valence-corrected chi connectivity index (χ1v) is 10.3. The Morgan fingerprint density at radius 2 is 2.16 bits per heavy atom. The van der Waals surface area contributed by atoms with E-state index in [1.165, 1.54) is 10.4 Å². The summed E-state index contributed by atoms with van der Waals surface area (Å²) in [5.74, 6) is 0.591. The Bertz CT molecular complexity index is 805. The maximum Gasteiger partial charge on any atom is 0.262 e. The highest BCUT2D eigenvalue weighted by atomic mass is 32.1. The van der Waals surface area contributed by atoms with Crippen LogP contribution in [0.3, 0.4) is 0 Å². The fourth-order valence-electron chi connectivity index (χ4n) is 3.99. The van der Waals surface area contributed by atoms with Gasteiger partial charge in [-0.1, -0.05) is 13.8 Å². The molecule has 6 heteroatoms. The monoisotopic (exact) mass is 361 g/mol. The van der Waals surface area contributed by atoms with Crippen molar-refractivity contribution in [2.24, 2.45) is 5.92 Å². The molecule has 2 aliphatic rings. The number of ether oxygens (including phenoxy) is 1. The standard InChI is InChI=1S/C19H27N3O2S/c1-13(2)5-6-22-12-20-18-17(19(22)23)15-4-3-14(11-16(15)25-18)21-7-9-24-10-8-21/h12-14H,3-11H2,1-2H3/t14-/m0/s1. The topological polar surface area (TPSA) is 47.4 Å². The predicted octanol–water partition coefficient (Wildman–Crippen LogP) is 2.69. The Morgan fingerprint density at radius 1 is 1.36 bits per heavy atom. The SMILES string of the molecule is CC(C)CCn1cnc2sc3c(c2c1=O)CC[C@H](N1CCOCC1)C3. The molecule has 1 saturated heterocycles. The van der Waals surface area contributed by atoms with Crippen LogP contribution in [0.15, 0.2) is 11.1 Å². The second-order valence-electron chi connectivity index (χ2n) is 7.65. The van der Waals surface area contributed by atoms with Crippen molar-refractivity contribution in [3.63, 3.8) is 0 Å². The van der Waals surface area contributed by atoms with Gasteiger partial charge in [0.05, 0.1) is 24.9 Å². The van der Waals surface area contributed by atoms with E-state index in [0.717, 1.165) is 68.7 Å². The lowest BCUT2D eigenvalue weighted by molar-refractivity contribution is 0.0140. The largest absolute Gasteiger partial charge is 0.379 e. The summed E-state index contributed by atoms with van der Waals surface area (Å²) in [6.45, 7) is 8.90. The lowest BCUT2D eigenvalue weighted by Gasteiger charge is -2.36. The molecule has 4 rings (SSSR count). The normalized spacial score (nSPS) is 21.8. The molecule has 0 spiro atoms. The molecule has 2 aromatic rings. The van der Waals surface area contributed by atoms with Crippen LogP contribution in [-0.4, -0.2) is 46.8 Å². The summed E-state index contributed by atoms with van der Waals surface area (Å²) in [6.07, 6.45) is 5.95. The van der Waals surface area contributed by atoms with Crippen LogP contribution in [0.1, 0.15) is 37.1 Å². The minimum atomic E-state index is 0.160. The van der Waals surface area contributed by atoms with Gasteiger partial charge >= 0.3 is 0 Å². The number of rotatable bonds is 4. The first kappa shape index (κ1) is 17.2. The quantitative estimate of drug-likeness (QED) is 0.840. The van der Waals surface area contributed by atoms with Crippen LogP contribution in [0.4, 0.5) is 0 Å². The maximum absolute atomic E-state index is 13.0. The molecule has 3 heterocycles. The molecule has 136 valence electrons. The van der Waals surface area contributed by atoms with E-state index in [1.54, 1.807) is 17.7 Å². The Kier molecular flexibility index (Phi) is 4.93. The van der Waals surface area contributed by atoms with Gasteiger partial charge in [-0.15, -0.1) is 11.3 Å². The Balaban J connectivity index is 1.62. The van der Waals surface area contributed by atoms with Gasteiger partial charge in [-0.3, -0.25) is 14.3 Å². The molecule has 2 aromatic heterocycles. The van der Waals surface area contributed by atoms with Crippen molar-refractivity contribution in [3.05, 3.63) is 27.1 Å². The summed E-state index contributed by atoms with van der Waals surface area (Å²) in [6, 6.07) is 0.590. The van der Waals surface area contributed by atoms with Crippen molar-refractivity contribution in [3.8, 4) is 0 Å². The van der Waals surface area contributed by atoms with E-state index in [-0.39, 0.29) is 5.56 Å². The van der Waals surface area contributed by atoms with Gasteiger partial charge in [-0.2, -0.15) is 0 Å². The zero-order chi connectivity index (χ0) is 17.4. The van der Waals surface area contributed by atoms with E-state index in [4.69, 9.17) is 4.74 Å². The van der Waals surface area contributed by atoms with Crippen molar-refractivity contribution in [1.29, 1.82) is 0 Å². The highest BCUT2D eigenvalue weighted by Crippen LogP contribution is 2.35. The van der Waals surface area contributed by atoms with E-state index in [9.17, 15) is 4.79 Å². The molecule has 5 nitrogen and oxygen atoms in total.